The lowest BCUT2D eigenvalue weighted by atomic mass is 9.88. The number of para-hydroxylation sites is 1. The fraction of sp³-hybridized carbons (Fsp3) is 0.318. The Labute approximate surface area is 179 Å². The predicted molar refractivity (Wildman–Crippen MR) is 111 cm³/mol. The molecular formula is C22H22ClN3O4. The number of carbonyl (C=O) groups excluding carboxylic acids is 3. The number of nitrogens with zero attached hydrogens (tertiary/aromatic N) is 2. The van der Waals surface area contributed by atoms with E-state index in [-0.39, 0.29) is 24.9 Å². The number of carbonyl (C=O) groups is 3. The van der Waals surface area contributed by atoms with E-state index in [4.69, 9.17) is 16.3 Å². The molecule has 7 nitrogen and oxygen atoms in total. The second kappa shape index (κ2) is 7.99. The van der Waals surface area contributed by atoms with Gasteiger partial charge >= 0.3 is 6.03 Å². The van der Waals surface area contributed by atoms with Gasteiger partial charge < -0.3 is 15.0 Å². The van der Waals surface area contributed by atoms with Crippen molar-refractivity contribution in [3.8, 4) is 5.75 Å². The van der Waals surface area contributed by atoms with Crippen molar-refractivity contribution >= 4 is 29.4 Å². The summed E-state index contributed by atoms with van der Waals surface area (Å²) in [5.41, 5.74) is 0.143. The molecule has 1 N–H and O–H groups in total. The van der Waals surface area contributed by atoms with Crippen LogP contribution in [0.2, 0.25) is 5.02 Å². The predicted octanol–water partition coefficient (Wildman–Crippen LogP) is 3.08. The van der Waals surface area contributed by atoms with Crippen LogP contribution in [0.15, 0.2) is 48.5 Å². The van der Waals surface area contributed by atoms with Crippen molar-refractivity contribution in [2.24, 2.45) is 0 Å². The summed E-state index contributed by atoms with van der Waals surface area (Å²) < 4.78 is 5.30. The van der Waals surface area contributed by atoms with E-state index in [1.807, 2.05) is 0 Å². The van der Waals surface area contributed by atoms with Gasteiger partial charge in [-0.15, -0.1) is 0 Å². The van der Waals surface area contributed by atoms with Crippen molar-refractivity contribution in [1.82, 2.24) is 15.1 Å². The number of ether oxygens (including phenoxy) is 1. The molecule has 2 aromatic rings. The summed E-state index contributed by atoms with van der Waals surface area (Å²) in [6.45, 7) is 0.800. The largest absolute Gasteiger partial charge is 0.496 e. The Morgan fingerprint density at radius 2 is 1.90 bits per heavy atom. The lowest BCUT2D eigenvalue weighted by Gasteiger charge is -2.38. The first-order chi connectivity index (χ1) is 14.4. The third kappa shape index (κ3) is 3.61. The fourth-order valence-electron chi connectivity index (χ4n) is 4.09. The van der Waals surface area contributed by atoms with E-state index in [1.165, 1.54) is 12.0 Å². The maximum atomic E-state index is 13.2. The van der Waals surface area contributed by atoms with Gasteiger partial charge in [0.05, 0.1) is 25.8 Å². The zero-order chi connectivity index (χ0) is 21.3. The summed E-state index contributed by atoms with van der Waals surface area (Å²) in [6, 6.07) is 13.6. The molecule has 2 aliphatic heterocycles. The fourth-order valence-corrected chi connectivity index (χ4v) is 4.22. The number of piperidine rings is 1. The van der Waals surface area contributed by atoms with Crippen molar-refractivity contribution in [3.05, 3.63) is 64.7 Å². The Morgan fingerprint density at radius 3 is 2.63 bits per heavy atom. The third-order valence-electron chi connectivity index (χ3n) is 5.62. The molecule has 1 atom stereocenters. The Kier molecular flexibility index (Phi) is 5.39. The van der Waals surface area contributed by atoms with Crippen molar-refractivity contribution in [2.75, 3.05) is 20.2 Å². The van der Waals surface area contributed by atoms with Gasteiger partial charge in [-0.25, -0.2) is 4.79 Å². The molecule has 0 unspecified atom stereocenters. The Balaban J connectivity index is 1.54. The molecule has 2 saturated heterocycles. The number of nitrogens with one attached hydrogen (secondary N) is 1. The second-order valence-corrected chi connectivity index (χ2v) is 8.00. The number of benzene rings is 2. The van der Waals surface area contributed by atoms with Crippen molar-refractivity contribution in [1.29, 1.82) is 0 Å². The van der Waals surface area contributed by atoms with Crippen LogP contribution in [0, 0.1) is 0 Å². The van der Waals surface area contributed by atoms with E-state index in [9.17, 15) is 14.4 Å². The minimum Gasteiger partial charge on any atom is -0.496 e. The Hall–Kier alpha value is -3.06. The van der Waals surface area contributed by atoms with E-state index < -0.39 is 11.6 Å². The van der Waals surface area contributed by atoms with Gasteiger partial charge in [0.1, 0.15) is 11.3 Å². The average Bonchev–Trinajstić information content (AvgIpc) is 2.98. The molecule has 30 heavy (non-hydrogen) atoms. The number of urea groups is 1. The highest BCUT2D eigenvalue weighted by atomic mass is 35.5. The maximum Gasteiger partial charge on any atom is 0.325 e. The summed E-state index contributed by atoms with van der Waals surface area (Å²) in [5.74, 6) is -0.0435. The molecule has 0 radical (unpaired) electrons. The number of amides is 4. The van der Waals surface area contributed by atoms with Gasteiger partial charge in [0.25, 0.3) is 11.8 Å². The average molecular weight is 428 g/mol. The molecule has 0 saturated carbocycles. The Morgan fingerprint density at radius 1 is 1.17 bits per heavy atom. The first-order valence-electron chi connectivity index (χ1n) is 9.74. The van der Waals surface area contributed by atoms with Crippen LogP contribution < -0.4 is 10.1 Å². The number of hydrogen-bond acceptors (Lipinski definition) is 4. The molecule has 2 aromatic carbocycles. The van der Waals surface area contributed by atoms with Gasteiger partial charge in [-0.1, -0.05) is 35.9 Å². The molecule has 156 valence electrons. The second-order valence-electron chi connectivity index (χ2n) is 7.56. The van der Waals surface area contributed by atoms with E-state index >= 15 is 0 Å². The first-order valence-corrected chi connectivity index (χ1v) is 10.1. The highest BCUT2D eigenvalue weighted by Gasteiger charge is 2.53. The highest BCUT2D eigenvalue weighted by molar-refractivity contribution is 6.30. The summed E-state index contributed by atoms with van der Waals surface area (Å²) in [4.78, 5) is 41.8. The zero-order valence-electron chi connectivity index (χ0n) is 16.6. The van der Waals surface area contributed by atoms with Crippen LogP contribution in [0.3, 0.4) is 0 Å². The molecule has 2 heterocycles. The van der Waals surface area contributed by atoms with Gasteiger partial charge in [0.2, 0.25) is 0 Å². The number of rotatable bonds is 4. The molecule has 8 heteroatoms. The minimum atomic E-state index is -1.10. The molecule has 2 fully saturated rings. The number of likely N-dealkylation sites (tertiary alicyclic amines) is 1. The quantitative estimate of drug-likeness (QED) is 0.760. The van der Waals surface area contributed by atoms with E-state index in [0.717, 1.165) is 5.56 Å². The molecule has 4 rings (SSSR count). The van der Waals surface area contributed by atoms with Crippen LogP contribution >= 0.6 is 11.6 Å². The smallest absolute Gasteiger partial charge is 0.325 e. The topological polar surface area (TPSA) is 79.0 Å². The van der Waals surface area contributed by atoms with Gasteiger partial charge in [0.15, 0.2) is 0 Å². The molecule has 0 bridgehead atoms. The van der Waals surface area contributed by atoms with Crippen LogP contribution in [0.4, 0.5) is 4.79 Å². The molecular weight excluding hydrogens is 406 g/mol. The van der Waals surface area contributed by atoms with E-state index in [0.29, 0.717) is 35.7 Å². The summed E-state index contributed by atoms with van der Waals surface area (Å²) in [7, 11) is 1.51. The Bertz CT molecular complexity index is 994. The minimum absolute atomic E-state index is 0.131. The molecule has 0 aliphatic carbocycles. The van der Waals surface area contributed by atoms with Crippen LogP contribution in [-0.4, -0.2) is 53.4 Å². The van der Waals surface area contributed by atoms with E-state index in [1.54, 1.807) is 53.4 Å². The maximum absolute atomic E-state index is 13.2. The van der Waals surface area contributed by atoms with E-state index in [2.05, 4.69) is 5.32 Å². The van der Waals surface area contributed by atoms with Crippen molar-refractivity contribution in [3.63, 3.8) is 0 Å². The lowest BCUT2D eigenvalue weighted by molar-refractivity contribution is -0.133. The number of methoxy groups -OCH3 is 1. The number of halogens is 1. The molecule has 2 aliphatic rings. The number of hydrogen-bond donors (Lipinski definition) is 1. The van der Waals surface area contributed by atoms with Crippen LogP contribution in [0.1, 0.15) is 28.8 Å². The van der Waals surface area contributed by atoms with Crippen molar-refractivity contribution < 1.29 is 19.1 Å². The first kappa shape index (κ1) is 20.2. The lowest BCUT2D eigenvalue weighted by Crippen LogP contribution is -2.59. The summed E-state index contributed by atoms with van der Waals surface area (Å²) in [6.07, 6.45) is 1.10. The molecule has 1 spiro atoms. The normalized spacial score (nSPS) is 21.1. The van der Waals surface area contributed by atoms with Gasteiger partial charge in [-0.2, -0.15) is 0 Å². The van der Waals surface area contributed by atoms with Gasteiger partial charge in [-0.3, -0.25) is 14.5 Å². The third-order valence-corrected chi connectivity index (χ3v) is 5.87. The monoisotopic (exact) mass is 427 g/mol. The summed E-state index contributed by atoms with van der Waals surface area (Å²) >= 11 is 5.91. The van der Waals surface area contributed by atoms with Crippen LogP contribution in [-0.2, 0) is 11.3 Å². The summed E-state index contributed by atoms with van der Waals surface area (Å²) in [5, 5.41) is 3.44. The van der Waals surface area contributed by atoms with Crippen molar-refractivity contribution in [2.45, 2.75) is 24.9 Å². The van der Waals surface area contributed by atoms with Gasteiger partial charge in [0, 0.05) is 11.6 Å². The SMILES string of the molecule is COc1ccccc1C(=O)N1CCC[C@]2(C1)NC(=O)N(Cc1ccc(Cl)cc1)C2=O. The number of imide groups is 1. The van der Waals surface area contributed by atoms with Crippen LogP contribution in [0.5, 0.6) is 5.75 Å². The zero-order valence-corrected chi connectivity index (χ0v) is 17.3. The highest BCUT2D eigenvalue weighted by Crippen LogP contribution is 2.31. The standard InChI is InChI=1S/C22H22ClN3O4/c1-30-18-6-3-2-5-17(18)19(27)25-12-4-11-22(14-25)20(28)26(21(29)24-22)13-15-7-9-16(23)10-8-15/h2-3,5-10H,4,11-14H2,1H3,(H,24,29)/t22-/m1/s1. The molecule has 4 amide bonds. The van der Waals surface area contributed by atoms with Gasteiger partial charge in [-0.05, 0) is 42.7 Å². The van der Waals surface area contributed by atoms with Crippen LogP contribution in [0.25, 0.3) is 0 Å². The molecule has 0 aromatic heterocycles.